The molecule has 0 saturated carbocycles. The number of aryl methyl sites for hydroxylation is 2. The molecule has 5 rings (SSSR count). The number of oxazole rings is 1. The van der Waals surface area contributed by atoms with Gasteiger partial charge in [-0.1, -0.05) is 18.7 Å². The smallest absolute Gasteiger partial charge is 0.300 e. The minimum absolute atomic E-state index is 0.569. The Balaban J connectivity index is 1.16. The van der Waals surface area contributed by atoms with E-state index in [-0.39, 0.29) is 0 Å². The molecule has 10 heteroatoms. The molecule has 0 aliphatic carbocycles. The van der Waals surface area contributed by atoms with E-state index in [0.29, 0.717) is 5.75 Å². The maximum Gasteiger partial charge on any atom is 0.300 e. The van der Waals surface area contributed by atoms with E-state index in [1.54, 1.807) is 23.7 Å². The van der Waals surface area contributed by atoms with E-state index in [4.69, 9.17) is 14.1 Å². The number of fused-ring (bicyclic) bond motifs is 2. The number of anilines is 1. The standard InChI is InChI=1S/C27H35F2N5O2S/c1-6-20-23(24-17(2)30-16-35-24)33(5)26(31-20)37-13-7-10-34-11-8-18-14-21-22(15-19(18)9-12-34)36-25(32(21)4)27(3,28)29/h14-16,25H,6-13H2,1-5H3. The summed E-state index contributed by atoms with van der Waals surface area (Å²) in [6.07, 6.45) is 3.95. The molecule has 2 aliphatic rings. The van der Waals surface area contributed by atoms with Crippen LogP contribution in [0.2, 0.25) is 0 Å². The Morgan fingerprint density at radius 1 is 1.16 bits per heavy atom. The van der Waals surface area contributed by atoms with Crippen molar-refractivity contribution in [1.29, 1.82) is 0 Å². The molecule has 0 spiro atoms. The molecule has 1 atom stereocenters. The molecule has 37 heavy (non-hydrogen) atoms. The van der Waals surface area contributed by atoms with Gasteiger partial charge in [0, 0.05) is 39.9 Å². The van der Waals surface area contributed by atoms with E-state index in [2.05, 4.69) is 27.4 Å². The van der Waals surface area contributed by atoms with Crippen LogP contribution in [0.1, 0.15) is 42.8 Å². The predicted octanol–water partition coefficient (Wildman–Crippen LogP) is 5.34. The number of halogens is 2. The Bertz CT molecular complexity index is 1270. The van der Waals surface area contributed by atoms with Crippen molar-refractivity contribution >= 4 is 17.4 Å². The Labute approximate surface area is 221 Å². The van der Waals surface area contributed by atoms with E-state index < -0.39 is 12.2 Å². The first-order valence-electron chi connectivity index (χ1n) is 12.9. The molecule has 0 fully saturated rings. The summed E-state index contributed by atoms with van der Waals surface area (Å²) in [5.41, 5.74) is 6.13. The first-order chi connectivity index (χ1) is 17.7. The number of alkyl halides is 2. The molecule has 2 aromatic heterocycles. The van der Waals surface area contributed by atoms with Crippen molar-refractivity contribution in [3.05, 3.63) is 41.0 Å². The van der Waals surface area contributed by atoms with Gasteiger partial charge in [0.05, 0.1) is 17.1 Å². The second kappa shape index (κ2) is 10.3. The fourth-order valence-electron chi connectivity index (χ4n) is 5.32. The first-order valence-corrected chi connectivity index (χ1v) is 13.9. The van der Waals surface area contributed by atoms with Gasteiger partial charge in [-0.15, -0.1) is 0 Å². The van der Waals surface area contributed by atoms with E-state index >= 15 is 0 Å². The Hall–Kier alpha value is -2.59. The minimum atomic E-state index is -2.93. The molecule has 4 heterocycles. The summed E-state index contributed by atoms with van der Waals surface area (Å²) in [4.78, 5) is 13.2. The quantitative estimate of drug-likeness (QED) is 0.287. The van der Waals surface area contributed by atoms with Crippen LogP contribution in [0.3, 0.4) is 0 Å². The Kier molecular flexibility index (Phi) is 7.24. The lowest BCUT2D eigenvalue weighted by atomic mass is 10.0. The molecule has 1 aromatic carbocycles. The van der Waals surface area contributed by atoms with Crippen LogP contribution in [0.25, 0.3) is 11.5 Å². The van der Waals surface area contributed by atoms with Gasteiger partial charge >= 0.3 is 0 Å². The summed E-state index contributed by atoms with van der Waals surface area (Å²) in [5, 5.41) is 1.00. The van der Waals surface area contributed by atoms with Crippen molar-refractivity contribution in [3.63, 3.8) is 0 Å². The van der Waals surface area contributed by atoms with Gasteiger partial charge < -0.3 is 23.5 Å². The summed E-state index contributed by atoms with van der Waals surface area (Å²) >= 11 is 1.78. The maximum atomic E-state index is 13.9. The number of nitrogens with zero attached hydrogens (tertiary/aromatic N) is 5. The van der Waals surface area contributed by atoms with Crippen LogP contribution < -0.4 is 9.64 Å². The van der Waals surface area contributed by atoms with Gasteiger partial charge in [0.15, 0.2) is 17.3 Å². The molecule has 0 amide bonds. The van der Waals surface area contributed by atoms with Crippen LogP contribution in [0, 0.1) is 6.92 Å². The van der Waals surface area contributed by atoms with Gasteiger partial charge in [-0.2, -0.15) is 0 Å². The van der Waals surface area contributed by atoms with Crippen LogP contribution in [-0.4, -0.2) is 64.0 Å². The normalized spacial score (nSPS) is 18.0. The number of aromatic nitrogens is 3. The molecule has 3 aromatic rings. The lowest BCUT2D eigenvalue weighted by Crippen LogP contribution is -2.44. The summed E-state index contributed by atoms with van der Waals surface area (Å²) in [5.74, 6) is -0.585. The van der Waals surface area contributed by atoms with E-state index in [9.17, 15) is 8.78 Å². The summed E-state index contributed by atoms with van der Waals surface area (Å²) in [7, 11) is 3.72. The van der Waals surface area contributed by atoms with Crippen molar-refractivity contribution in [1.82, 2.24) is 19.4 Å². The molecule has 0 bridgehead atoms. The van der Waals surface area contributed by atoms with Gasteiger partial charge in [0.1, 0.15) is 11.4 Å². The second-order valence-corrected chi connectivity index (χ2v) is 11.1. The van der Waals surface area contributed by atoms with E-state index in [0.717, 1.165) is 91.7 Å². The van der Waals surface area contributed by atoms with Crippen molar-refractivity contribution in [2.24, 2.45) is 7.05 Å². The van der Waals surface area contributed by atoms with Crippen molar-refractivity contribution in [2.75, 3.05) is 37.3 Å². The number of hydrogen-bond acceptors (Lipinski definition) is 7. The molecule has 200 valence electrons. The third kappa shape index (κ3) is 5.10. The second-order valence-electron chi connectivity index (χ2n) is 10.0. The number of imidazole rings is 1. The van der Waals surface area contributed by atoms with E-state index in [1.807, 2.05) is 20.0 Å². The zero-order valence-corrected chi connectivity index (χ0v) is 23.0. The number of hydrogen-bond donors (Lipinski definition) is 0. The van der Waals surface area contributed by atoms with Crippen LogP contribution in [0.4, 0.5) is 14.5 Å². The van der Waals surface area contributed by atoms with Gasteiger partial charge in [-0.25, -0.2) is 18.7 Å². The Morgan fingerprint density at radius 2 is 1.89 bits per heavy atom. The summed E-state index contributed by atoms with van der Waals surface area (Å²) in [6.45, 7) is 7.91. The number of benzene rings is 1. The fraction of sp³-hybridized carbons (Fsp3) is 0.556. The highest BCUT2D eigenvalue weighted by molar-refractivity contribution is 7.99. The molecule has 0 radical (unpaired) electrons. The molecular weight excluding hydrogens is 496 g/mol. The monoisotopic (exact) mass is 531 g/mol. The third-order valence-electron chi connectivity index (χ3n) is 7.35. The fourth-order valence-corrected chi connectivity index (χ4v) is 6.24. The SMILES string of the molecule is CCc1nc(SCCCN2CCc3cc4c(cc3CC2)N(C)C(C(C)(F)F)O4)n(C)c1-c1ocnc1C. The highest BCUT2D eigenvalue weighted by atomic mass is 32.2. The molecule has 0 N–H and O–H groups in total. The van der Waals surface area contributed by atoms with Crippen LogP contribution in [0.5, 0.6) is 5.75 Å². The number of thioether (sulfide) groups is 1. The average molecular weight is 532 g/mol. The van der Waals surface area contributed by atoms with Gasteiger partial charge in [0.2, 0.25) is 6.23 Å². The minimum Gasteiger partial charge on any atom is -0.462 e. The zero-order chi connectivity index (χ0) is 26.3. The molecular formula is C27H35F2N5O2S. The highest BCUT2D eigenvalue weighted by Crippen LogP contribution is 2.43. The van der Waals surface area contributed by atoms with Gasteiger partial charge in [-0.3, -0.25) is 0 Å². The van der Waals surface area contributed by atoms with Crippen LogP contribution in [-0.2, 0) is 26.3 Å². The molecule has 2 aliphatic heterocycles. The predicted molar refractivity (Wildman–Crippen MR) is 142 cm³/mol. The van der Waals surface area contributed by atoms with E-state index in [1.165, 1.54) is 17.5 Å². The summed E-state index contributed by atoms with van der Waals surface area (Å²) < 4.78 is 41.3. The highest BCUT2D eigenvalue weighted by Gasteiger charge is 2.44. The maximum absolute atomic E-state index is 13.9. The third-order valence-corrected chi connectivity index (χ3v) is 8.47. The Morgan fingerprint density at radius 3 is 2.54 bits per heavy atom. The van der Waals surface area contributed by atoms with Crippen LogP contribution >= 0.6 is 11.8 Å². The number of rotatable bonds is 8. The van der Waals surface area contributed by atoms with Crippen molar-refractivity contribution in [2.45, 2.75) is 63.8 Å². The number of ether oxygens (including phenoxy) is 1. The largest absolute Gasteiger partial charge is 0.462 e. The molecule has 7 nitrogen and oxygen atoms in total. The van der Waals surface area contributed by atoms with Crippen molar-refractivity contribution in [3.8, 4) is 17.2 Å². The molecule has 1 unspecified atom stereocenters. The topological polar surface area (TPSA) is 59.6 Å². The van der Waals surface area contributed by atoms with Crippen molar-refractivity contribution < 1.29 is 17.9 Å². The first kappa shape index (κ1) is 26.0. The summed E-state index contributed by atoms with van der Waals surface area (Å²) in [6, 6.07) is 4.03. The van der Waals surface area contributed by atoms with Gasteiger partial charge in [-0.05, 0) is 62.4 Å². The van der Waals surface area contributed by atoms with Gasteiger partial charge in [0.25, 0.3) is 5.92 Å². The lowest BCUT2D eigenvalue weighted by Gasteiger charge is -2.25. The van der Waals surface area contributed by atoms with Crippen LogP contribution in [0.15, 0.2) is 28.1 Å². The molecule has 0 saturated heterocycles. The average Bonchev–Trinajstić information content (AvgIpc) is 3.46. The lowest BCUT2D eigenvalue weighted by molar-refractivity contribution is -0.0714. The zero-order valence-electron chi connectivity index (χ0n) is 22.2.